The number of pyridine rings is 1. The number of methoxy groups -OCH3 is 1. The fraction of sp³-hybridized carbons (Fsp3) is 0.250. The van der Waals surface area contributed by atoms with Gasteiger partial charge in [-0.25, -0.2) is 4.39 Å². The number of amides is 1. The van der Waals surface area contributed by atoms with Gasteiger partial charge in [-0.3, -0.25) is 9.78 Å². The van der Waals surface area contributed by atoms with Gasteiger partial charge in [-0.05, 0) is 31.5 Å². The van der Waals surface area contributed by atoms with Gasteiger partial charge in [0.05, 0.1) is 12.7 Å². The molecule has 0 unspecified atom stereocenters. The van der Waals surface area contributed by atoms with Crippen LogP contribution < -0.4 is 10.1 Å². The molecule has 0 fully saturated rings. The molecule has 0 radical (unpaired) electrons. The molecule has 4 nitrogen and oxygen atoms in total. The molecule has 2 aromatic rings. The monoisotopic (exact) mass is 306 g/mol. The number of nitrogens with one attached hydrogen (secondary N) is 1. The second-order valence-electron chi connectivity index (χ2n) is 4.86. The van der Waals surface area contributed by atoms with Crippen molar-refractivity contribution in [3.63, 3.8) is 0 Å². The number of benzene rings is 1. The summed E-state index contributed by atoms with van der Waals surface area (Å²) in [4.78, 5) is 16.1. The second-order valence-corrected chi connectivity index (χ2v) is 4.86. The number of aryl methyl sites for hydroxylation is 2. The average molecular weight is 306 g/mol. The van der Waals surface area contributed by atoms with E-state index >= 15 is 0 Å². The van der Waals surface area contributed by atoms with Crippen LogP contribution in [0, 0.1) is 25.5 Å². The lowest BCUT2D eigenvalue weighted by molar-refractivity contribution is 0.0950. The van der Waals surface area contributed by atoms with Gasteiger partial charge in [0.25, 0.3) is 5.91 Å². The van der Waals surface area contributed by atoms with E-state index in [1.807, 2.05) is 13.8 Å². The third kappa shape index (κ3) is 3.21. The molecular formula is C16H16F2N2O2. The number of ether oxygens (including phenoxy) is 1. The van der Waals surface area contributed by atoms with Crippen molar-refractivity contribution in [3.8, 4) is 5.75 Å². The Morgan fingerprint density at radius 2 is 2.00 bits per heavy atom. The summed E-state index contributed by atoms with van der Waals surface area (Å²) in [5.74, 6) is -2.67. The first-order chi connectivity index (χ1) is 10.4. The van der Waals surface area contributed by atoms with E-state index in [1.54, 1.807) is 6.07 Å². The van der Waals surface area contributed by atoms with Crippen LogP contribution in [0.4, 0.5) is 8.78 Å². The van der Waals surface area contributed by atoms with Crippen LogP contribution >= 0.6 is 0 Å². The third-order valence-electron chi connectivity index (χ3n) is 3.39. The summed E-state index contributed by atoms with van der Waals surface area (Å²) >= 11 is 0. The first-order valence-electron chi connectivity index (χ1n) is 6.66. The van der Waals surface area contributed by atoms with Crippen LogP contribution in [0.25, 0.3) is 0 Å². The van der Waals surface area contributed by atoms with Crippen LogP contribution in [0.2, 0.25) is 0 Å². The highest BCUT2D eigenvalue weighted by atomic mass is 19.2. The first kappa shape index (κ1) is 15.9. The molecule has 1 amide bonds. The lowest BCUT2D eigenvalue weighted by atomic mass is 10.1. The fourth-order valence-corrected chi connectivity index (χ4v) is 1.91. The third-order valence-corrected chi connectivity index (χ3v) is 3.39. The number of carbonyl (C=O) groups is 1. The molecule has 1 heterocycles. The maximum absolute atomic E-state index is 13.8. The average Bonchev–Trinajstić information content (AvgIpc) is 2.51. The largest absolute Gasteiger partial charge is 0.494 e. The minimum Gasteiger partial charge on any atom is -0.494 e. The van der Waals surface area contributed by atoms with E-state index in [9.17, 15) is 13.6 Å². The molecule has 2 rings (SSSR count). The molecule has 0 bridgehead atoms. The van der Waals surface area contributed by atoms with Gasteiger partial charge >= 0.3 is 0 Å². The van der Waals surface area contributed by atoms with Gasteiger partial charge in [0.1, 0.15) is 0 Å². The molecule has 0 saturated carbocycles. The molecule has 6 heteroatoms. The molecule has 22 heavy (non-hydrogen) atoms. The van der Waals surface area contributed by atoms with Gasteiger partial charge in [-0.2, -0.15) is 4.39 Å². The lowest BCUT2D eigenvalue weighted by Gasteiger charge is -2.09. The predicted molar refractivity (Wildman–Crippen MR) is 77.8 cm³/mol. The summed E-state index contributed by atoms with van der Waals surface area (Å²) in [6.07, 6.45) is 1.45. The maximum Gasteiger partial charge on any atom is 0.253 e. The van der Waals surface area contributed by atoms with Crippen LogP contribution in [0.5, 0.6) is 5.75 Å². The maximum atomic E-state index is 13.8. The van der Waals surface area contributed by atoms with Gasteiger partial charge < -0.3 is 10.1 Å². The summed E-state index contributed by atoms with van der Waals surface area (Å²) in [5.41, 5.74) is 2.13. The zero-order valence-corrected chi connectivity index (χ0v) is 12.5. The minimum absolute atomic E-state index is 0.0449. The van der Waals surface area contributed by atoms with E-state index in [1.165, 1.54) is 25.4 Å². The van der Waals surface area contributed by atoms with Crippen LogP contribution in [-0.2, 0) is 6.54 Å². The summed E-state index contributed by atoms with van der Waals surface area (Å²) in [7, 11) is 1.26. The van der Waals surface area contributed by atoms with Crippen LogP contribution in [0.1, 0.15) is 27.2 Å². The standard InChI is InChI=1S/C16H16F2N2O2/c1-9-6-12(8-19-10(9)2)16(21)20-7-11-4-5-13(22-3)15(18)14(11)17/h4-6,8H,7H2,1-3H3,(H,20,21). The Bertz CT molecular complexity index is 718. The fourth-order valence-electron chi connectivity index (χ4n) is 1.91. The summed E-state index contributed by atoms with van der Waals surface area (Å²) in [6.45, 7) is 3.56. The van der Waals surface area contributed by atoms with Gasteiger partial charge in [0.15, 0.2) is 11.6 Å². The Balaban J connectivity index is 2.11. The quantitative estimate of drug-likeness (QED) is 0.945. The number of aromatic nitrogens is 1. The minimum atomic E-state index is -1.07. The van der Waals surface area contributed by atoms with E-state index in [0.717, 1.165) is 11.3 Å². The Morgan fingerprint density at radius 3 is 2.64 bits per heavy atom. The molecule has 1 aromatic heterocycles. The molecule has 0 aliphatic heterocycles. The number of halogens is 2. The van der Waals surface area contributed by atoms with Gasteiger partial charge in [0.2, 0.25) is 5.82 Å². The zero-order valence-electron chi connectivity index (χ0n) is 12.5. The van der Waals surface area contributed by atoms with Gasteiger partial charge in [-0.1, -0.05) is 6.07 Å². The number of hydrogen-bond donors (Lipinski definition) is 1. The Labute approximate surface area is 127 Å². The molecule has 0 spiro atoms. The van der Waals surface area contributed by atoms with Crippen molar-refractivity contribution in [3.05, 3.63) is 58.4 Å². The van der Waals surface area contributed by atoms with E-state index in [-0.39, 0.29) is 17.9 Å². The van der Waals surface area contributed by atoms with Crippen molar-refractivity contribution in [1.29, 1.82) is 0 Å². The summed E-state index contributed by atoms with van der Waals surface area (Å²) < 4.78 is 32.1. The van der Waals surface area contributed by atoms with Gasteiger partial charge in [-0.15, -0.1) is 0 Å². The molecule has 0 aliphatic carbocycles. The van der Waals surface area contributed by atoms with Crippen LogP contribution in [-0.4, -0.2) is 18.0 Å². The van der Waals surface area contributed by atoms with Crippen LogP contribution in [0.15, 0.2) is 24.4 Å². The second kappa shape index (κ2) is 6.51. The highest BCUT2D eigenvalue weighted by Gasteiger charge is 2.15. The summed E-state index contributed by atoms with van der Waals surface area (Å²) in [5, 5.41) is 2.54. The SMILES string of the molecule is COc1ccc(CNC(=O)c2cnc(C)c(C)c2)c(F)c1F. The van der Waals surface area contributed by atoms with E-state index in [4.69, 9.17) is 0 Å². The zero-order chi connectivity index (χ0) is 16.3. The molecule has 0 atom stereocenters. The molecule has 0 aliphatic rings. The van der Waals surface area contributed by atoms with Crippen molar-refractivity contribution < 1.29 is 18.3 Å². The molecule has 116 valence electrons. The lowest BCUT2D eigenvalue weighted by Crippen LogP contribution is -2.24. The molecule has 1 N–H and O–H groups in total. The highest BCUT2D eigenvalue weighted by molar-refractivity contribution is 5.94. The Hall–Kier alpha value is -2.50. The van der Waals surface area contributed by atoms with Crippen molar-refractivity contribution in [1.82, 2.24) is 10.3 Å². The smallest absolute Gasteiger partial charge is 0.253 e. The Morgan fingerprint density at radius 1 is 1.27 bits per heavy atom. The molecule has 0 saturated heterocycles. The van der Waals surface area contributed by atoms with Crippen molar-refractivity contribution in [2.45, 2.75) is 20.4 Å². The number of nitrogens with zero attached hydrogens (tertiary/aromatic N) is 1. The normalized spacial score (nSPS) is 10.4. The predicted octanol–water partition coefficient (Wildman–Crippen LogP) is 2.92. The van der Waals surface area contributed by atoms with Crippen molar-refractivity contribution in [2.24, 2.45) is 0 Å². The number of rotatable bonds is 4. The van der Waals surface area contributed by atoms with E-state index < -0.39 is 17.5 Å². The topological polar surface area (TPSA) is 51.2 Å². The summed E-state index contributed by atoms with van der Waals surface area (Å²) in [6, 6.07) is 4.39. The number of carbonyl (C=O) groups excluding carboxylic acids is 1. The molecular weight excluding hydrogens is 290 g/mol. The van der Waals surface area contributed by atoms with Crippen molar-refractivity contribution >= 4 is 5.91 Å². The van der Waals surface area contributed by atoms with Gasteiger partial charge in [0, 0.05) is 24.0 Å². The Kier molecular flexibility index (Phi) is 4.70. The van der Waals surface area contributed by atoms with E-state index in [2.05, 4.69) is 15.0 Å². The first-order valence-corrected chi connectivity index (χ1v) is 6.66. The van der Waals surface area contributed by atoms with Crippen LogP contribution in [0.3, 0.4) is 0 Å². The molecule has 1 aromatic carbocycles. The number of hydrogen-bond acceptors (Lipinski definition) is 3. The van der Waals surface area contributed by atoms with Crippen molar-refractivity contribution in [2.75, 3.05) is 7.11 Å². The van der Waals surface area contributed by atoms with E-state index in [0.29, 0.717) is 5.56 Å². The highest BCUT2D eigenvalue weighted by Crippen LogP contribution is 2.22.